The van der Waals surface area contributed by atoms with E-state index in [1.807, 2.05) is 156 Å². The zero-order chi connectivity index (χ0) is 58.1. The normalized spacial score (nSPS) is 14.5. The molecule has 0 saturated heterocycles. The van der Waals surface area contributed by atoms with Crippen molar-refractivity contribution in [1.82, 2.24) is 14.1 Å². The van der Waals surface area contributed by atoms with Gasteiger partial charge in [-0.1, -0.05) is 54.6 Å². The van der Waals surface area contributed by atoms with Crippen molar-refractivity contribution in [3.8, 4) is 56.4 Å². The van der Waals surface area contributed by atoms with Crippen LogP contribution in [-0.2, 0) is 24.8 Å². The molecule has 0 aliphatic carbocycles. The van der Waals surface area contributed by atoms with E-state index >= 15 is 0 Å². The van der Waals surface area contributed by atoms with Crippen LogP contribution in [-0.4, -0.2) is 21.1 Å². The van der Waals surface area contributed by atoms with Crippen LogP contribution in [0.1, 0.15) is 49.8 Å². The van der Waals surface area contributed by atoms with E-state index in [9.17, 15) is 4.11 Å². The summed E-state index contributed by atoms with van der Waals surface area (Å²) in [6, 6.07) is 68.7. The number of anilines is 4. The Bertz CT molecular complexity index is 4370. The molecule has 0 bridgehead atoms. The van der Waals surface area contributed by atoms with Crippen molar-refractivity contribution in [3.63, 3.8) is 0 Å². The monoisotopic (exact) mass is 1150 g/mol. The van der Waals surface area contributed by atoms with Crippen LogP contribution in [0.3, 0.4) is 0 Å². The van der Waals surface area contributed by atoms with Gasteiger partial charge in [0.15, 0.2) is 0 Å². The van der Waals surface area contributed by atoms with Crippen LogP contribution in [0, 0.1) is 17.5 Å². The van der Waals surface area contributed by atoms with Gasteiger partial charge in [-0.25, -0.2) is 0 Å². The first-order valence-corrected chi connectivity index (χ1v) is 25.6. The molecule has 0 radical (unpaired) electrons. The Hall–Kier alpha value is -8.25. The number of hydrogen-bond donors (Lipinski definition) is 0. The molecule has 0 fully saturated rings. The molecule has 9 aromatic carbocycles. The van der Waals surface area contributed by atoms with E-state index in [1.165, 1.54) is 0 Å². The van der Waals surface area contributed by atoms with Crippen molar-refractivity contribution in [2.75, 3.05) is 9.62 Å². The molecule has 0 saturated carbocycles. The van der Waals surface area contributed by atoms with Gasteiger partial charge in [0, 0.05) is 9.80 Å². The third-order valence-electron chi connectivity index (χ3n) is 13.5. The fraction of sp³-hybridized carbons (Fsp3) is 0.0909. The molecule has 0 amide bonds. The van der Waals surface area contributed by atoms with Gasteiger partial charge in [0.1, 0.15) is 0 Å². The fourth-order valence-electron chi connectivity index (χ4n) is 10.0. The van der Waals surface area contributed by atoms with E-state index in [0.29, 0.717) is 49.2 Å². The Morgan fingerprint density at radius 3 is 1.89 bits per heavy atom. The molecule has 2 aromatic heterocycles. The molecular weight excluding hydrogens is 1080 g/mol. The second kappa shape index (κ2) is 19.3. The summed E-state index contributed by atoms with van der Waals surface area (Å²) >= 11 is 2.29. The minimum atomic E-state index is -2.46. The van der Waals surface area contributed by atoms with Gasteiger partial charge in [0.2, 0.25) is 0 Å². The van der Waals surface area contributed by atoms with Gasteiger partial charge in [-0.3, -0.25) is 0 Å². The van der Waals surface area contributed by atoms with E-state index in [2.05, 4.69) is 78.6 Å². The summed E-state index contributed by atoms with van der Waals surface area (Å²) in [5.41, 5.74) is 10.9. The van der Waals surface area contributed by atoms with Gasteiger partial charge in [-0.2, -0.15) is 0 Å². The van der Waals surface area contributed by atoms with Crippen LogP contribution in [0.4, 0.5) is 22.9 Å². The molecule has 362 valence electrons. The van der Waals surface area contributed by atoms with Crippen LogP contribution in [0.15, 0.2) is 237 Å². The van der Waals surface area contributed by atoms with Gasteiger partial charge in [-0.05, 0) is 30.6 Å². The Kier molecular flexibility index (Phi) is 9.78. The van der Waals surface area contributed by atoms with Crippen molar-refractivity contribution < 1.29 is 36.4 Å². The summed E-state index contributed by atoms with van der Waals surface area (Å²) in [5, 5.41) is 0. The number of imidazole rings is 1. The zero-order valence-electron chi connectivity index (χ0n) is 49.8. The molecule has 0 unspecified atom stereocenters. The predicted octanol–water partition coefficient (Wildman–Crippen LogP) is 16.3. The van der Waals surface area contributed by atoms with E-state index < -0.39 is 20.7 Å². The van der Waals surface area contributed by atoms with Gasteiger partial charge in [0.05, 0.1) is 0 Å². The molecule has 3 heterocycles. The van der Waals surface area contributed by atoms with Crippen LogP contribution < -0.4 is 19.8 Å². The minimum absolute atomic E-state index is 0.0883. The molecule has 6 nitrogen and oxygen atoms in total. The van der Waals surface area contributed by atoms with E-state index in [0.717, 1.165) is 55.9 Å². The number of fused-ring (bicyclic) bond motifs is 2. The van der Waals surface area contributed by atoms with Gasteiger partial charge >= 0.3 is 365 Å². The van der Waals surface area contributed by atoms with E-state index in [1.54, 1.807) is 42.5 Å². The molecule has 74 heavy (non-hydrogen) atoms. The van der Waals surface area contributed by atoms with Crippen LogP contribution in [0.2, 0.25) is 0 Å². The first-order chi connectivity index (χ1) is 39.7. The quantitative estimate of drug-likeness (QED) is 0.128. The van der Waals surface area contributed by atoms with Crippen LogP contribution in [0.5, 0.6) is 11.6 Å². The molecule has 0 atom stereocenters. The Labute approximate surface area is 457 Å². The van der Waals surface area contributed by atoms with Crippen molar-refractivity contribution in [1.29, 1.82) is 0 Å². The number of nitrogens with zero attached hydrogens (tertiary/aromatic N) is 5. The number of aromatic nitrogens is 3. The number of pyridine rings is 1. The topological polar surface area (TPSA) is 38.5 Å². The predicted molar refractivity (Wildman–Crippen MR) is 304 cm³/mol. The summed E-state index contributed by atoms with van der Waals surface area (Å²) in [5.74, 6) is 1.42. The third kappa shape index (κ3) is 8.71. The summed E-state index contributed by atoms with van der Waals surface area (Å²) < 4.78 is 90.7. The average molecular weight is 1150 g/mol. The number of rotatable bonds is 10. The number of ether oxygens (including phenoxy) is 1. The third-order valence-corrected chi connectivity index (χ3v) is 14.5. The van der Waals surface area contributed by atoms with Crippen LogP contribution in [0.25, 0.3) is 55.8 Å². The molecule has 0 spiro atoms. The van der Waals surface area contributed by atoms with Crippen LogP contribution >= 0.6 is 0 Å². The fourth-order valence-corrected chi connectivity index (χ4v) is 11.1. The first kappa shape index (κ1) is 37.5. The maximum absolute atomic E-state index is 9.92. The van der Waals surface area contributed by atoms with Gasteiger partial charge < -0.3 is 0 Å². The van der Waals surface area contributed by atoms with Crippen molar-refractivity contribution in [2.45, 2.75) is 39.9 Å². The number of benzene rings is 9. The van der Waals surface area contributed by atoms with Crippen molar-refractivity contribution in [3.05, 3.63) is 257 Å². The SMILES string of the molecule is [2H]c1c([2H])c(-c2cccc(C([2H])([2H])[2H])c2)c(-n2[c](=[Pt])n(-c3cccc(Oc4cccc(N5B(c6ccccc6)N(c6cccc(C([2H])([2H])[2H])c6)c6ccccc65)n4)c3)c3ccccc32)c(-c2cc(-c3ccccc3)cc(C(C)(C)C)c2)c1[2H]. The molecular formula is C66H54BN5OPt. The Balaban J connectivity index is 1.01. The second-order valence-corrected chi connectivity index (χ2v) is 20.4. The molecule has 12 rings (SSSR count). The van der Waals surface area contributed by atoms with E-state index in [-0.39, 0.29) is 34.7 Å². The number of hydrogen-bond acceptors (Lipinski definition) is 4. The van der Waals surface area contributed by atoms with Gasteiger partial charge in [0.25, 0.3) is 0 Å². The average Bonchev–Trinajstić information content (AvgIpc) is 3.24. The number of aryl methyl sites for hydroxylation is 2. The van der Waals surface area contributed by atoms with Crippen molar-refractivity contribution in [2.24, 2.45) is 0 Å². The zero-order valence-corrected chi connectivity index (χ0v) is 43.1. The Morgan fingerprint density at radius 2 is 1.14 bits per heavy atom. The summed E-state index contributed by atoms with van der Waals surface area (Å²) in [6.07, 6.45) is 0. The molecule has 0 N–H and O–H groups in total. The number of para-hydroxylation sites is 5. The van der Waals surface area contributed by atoms with Gasteiger partial charge in [-0.15, -0.1) is 0 Å². The molecule has 1 aliphatic rings. The second-order valence-electron chi connectivity index (χ2n) is 19.4. The summed E-state index contributed by atoms with van der Waals surface area (Å²) in [6.45, 7) is 1.20. The van der Waals surface area contributed by atoms with E-state index in [4.69, 9.17) is 17.9 Å². The summed E-state index contributed by atoms with van der Waals surface area (Å²) in [4.78, 5) is 9.47. The molecule has 1 aliphatic heterocycles. The summed E-state index contributed by atoms with van der Waals surface area (Å²) in [7, 11) is 0. The molecule has 11 aromatic rings. The molecule has 8 heteroatoms. The standard InChI is InChI=1S/C66H54BN5O.Pt/c1-46-21-16-25-49(39-46)57-31-19-32-58(51-41-50(48-23-8-6-9-24-48)42-52(43-51)66(3,4)5)65(57)70-45-69(59-33-12-13-34-60(59)70)54-28-18-30-56(44-54)73-64-38-20-37-63(68-64)72-62-36-15-14-35-61(62)71(55-29-17-22-47(2)40-55)67(72)53-26-10-7-11-27-53;/h6-44H,1-5H3;/i1D3,2D3,19D,31D,32D;. The van der Waals surface area contributed by atoms with Crippen molar-refractivity contribution >= 4 is 46.4 Å². The maximum atomic E-state index is 9.92. The Morgan fingerprint density at radius 1 is 0.527 bits per heavy atom. The first-order valence-electron chi connectivity index (χ1n) is 29.0.